The number of nitrogens with zero attached hydrogens (tertiary/aromatic N) is 2. The molecule has 0 bridgehead atoms. The monoisotopic (exact) mass is 774 g/mol. The molecule has 1 aliphatic carbocycles. The van der Waals surface area contributed by atoms with Crippen molar-refractivity contribution < 1.29 is 0 Å². The van der Waals surface area contributed by atoms with Gasteiger partial charge in [0.05, 0.1) is 16.8 Å². The quantitative estimate of drug-likeness (QED) is 0.157. The Balaban J connectivity index is 1.08. The first kappa shape index (κ1) is 35.0. The van der Waals surface area contributed by atoms with Crippen LogP contribution in [0.2, 0.25) is 0 Å². The van der Waals surface area contributed by atoms with Gasteiger partial charge in [0, 0.05) is 16.7 Å². The van der Waals surface area contributed by atoms with E-state index >= 15 is 0 Å². The van der Waals surface area contributed by atoms with Crippen molar-refractivity contribution in [2.75, 3.05) is 0 Å². The summed E-state index contributed by atoms with van der Waals surface area (Å²) in [5.41, 5.74) is 14.6. The van der Waals surface area contributed by atoms with Gasteiger partial charge >= 0.3 is 0 Å². The van der Waals surface area contributed by atoms with Gasteiger partial charge in [-0.15, -0.1) is 0 Å². The lowest BCUT2D eigenvalue weighted by molar-refractivity contribution is 0.768. The molecule has 1 aliphatic rings. The first-order chi connectivity index (χ1) is 30.3. The second-order valence-electron chi connectivity index (χ2n) is 16.0. The molecule has 0 radical (unpaired) electrons. The van der Waals surface area contributed by atoms with Gasteiger partial charge < -0.3 is 0 Å². The van der Waals surface area contributed by atoms with Crippen molar-refractivity contribution in [1.82, 2.24) is 9.97 Å². The number of fused-ring (bicyclic) bond motifs is 9. The van der Waals surface area contributed by atoms with E-state index < -0.39 is 5.41 Å². The minimum atomic E-state index is -0.427. The van der Waals surface area contributed by atoms with E-state index in [1.807, 2.05) is 24.3 Å². The largest absolute Gasteiger partial charge is 0.228 e. The van der Waals surface area contributed by atoms with E-state index in [1.165, 1.54) is 76.8 Å². The van der Waals surface area contributed by atoms with Gasteiger partial charge in [-0.05, 0) is 95.0 Å². The second-order valence-corrected chi connectivity index (χ2v) is 16.0. The summed E-state index contributed by atoms with van der Waals surface area (Å²) in [6.07, 6.45) is 0. The summed E-state index contributed by atoms with van der Waals surface area (Å²) in [6, 6.07) is 83.6. The lowest BCUT2D eigenvalue weighted by atomic mass is 9.67. The number of rotatable bonds is 6. The van der Waals surface area contributed by atoms with Gasteiger partial charge in [0.1, 0.15) is 0 Å². The molecule has 284 valence electrons. The summed E-state index contributed by atoms with van der Waals surface area (Å²) < 4.78 is 0. The van der Waals surface area contributed by atoms with E-state index in [9.17, 15) is 0 Å². The van der Waals surface area contributed by atoms with Crippen LogP contribution in [0.4, 0.5) is 0 Å². The van der Waals surface area contributed by atoms with Crippen molar-refractivity contribution >= 4 is 32.3 Å². The van der Waals surface area contributed by atoms with Crippen LogP contribution in [0.1, 0.15) is 22.3 Å². The topological polar surface area (TPSA) is 25.8 Å². The molecule has 0 spiro atoms. The van der Waals surface area contributed by atoms with Crippen LogP contribution in [0.15, 0.2) is 231 Å². The first-order valence-corrected chi connectivity index (χ1v) is 21.0. The van der Waals surface area contributed by atoms with E-state index in [0.717, 1.165) is 28.1 Å². The minimum Gasteiger partial charge on any atom is -0.228 e. The van der Waals surface area contributed by atoms with Crippen LogP contribution in [-0.2, 0) is 5.41 Å². The van der Waals surface area contributed by atoms with Gasteiger partial charge in [0.15, 0.2) is 5.82 Å². The Bertz CT molecular complexity index is 3350. The van der Waals surface area contributed by atoms with E-state index in [2.05, 4.69) is 206 Å². The molecule has 0 amide bonds. The number of aromatic nitrogens is 2. The molecule has 11 aromatic rings. The lowest BCUT2D eigenvalue weighted by Gasteiger charge is -2.33. The molecule has 2 heteroatoms. The molecule has 12 rings (SSSR count). The third-order valence-electron chi connectivity index (χ3n) is 12.8. The summed E-state index contributed by atoms with van der Waals surface area (Å²) in [6.45, 7) is 0. The molecule has 0 fully saturated rings. The highest BCUT2D eigenvalue weighted by Crippen LogP contribution is 2.56. The van der Waals surface area contributed by atoms with Gasteiger partial charge in [-0.3, -0.25) is 0 Å². The van der Waals surface area contributed by atoms with Crippen LogP contribution in [0.3, 0.4) is 0 Å². The number of benzene rings is 10. The van der Waals surface area contributed by atoms with E-state index in [4.69, 9.17) is 9.97 Å². The van der Waals surface area contributed by atoms with Crippen molar-refractivity contribution in [2.45, 2.75) is 5.41 Å². The van der Waals surface area contributed by atoms with Crippen LogP contribution < -0.4 is 0 Å². The Morgan fingerprint density at radius 3 is 1.51 bits per heavy atom. The van der Waals surface area contributed by atoms with Crippen molar-refractivity contribution in [1.29, 1.82) is 0 Å². The maximum Gasteiger partial charge on any atom is 0.160 e. The van der Waals surface area contributed by atoms with Crippen molar-refractivity contribution in [2.24, 2.45) is 0 Å². The molecule has 0 aliphatic heterocycles. The normalized spacial score (nSPS) is 12.7. The summed E-state index contributed by atoms with van der Waals surface area (Å²) in [4.78, 5) is 10.4. The summed E-state index contributed by atoms with van der Waals surface area (Å²) >= 11 is 0. The van der Waals surface area contributed by atoms with Gasteiger partial charge in [-0.25, -0.2) is 9.97 Å². The third kappa shape index (κ3) is 5.50. The van der Waals surface area contributed by atoms with E-state index in [1.54, 1.807) is 0 Å². The SMILES string of the molecule is c1ccc(-c2cc(-c3cccc4c5ccccc5c5cc(-c6ccc7c(c6)-c6ccccc6C7(c6ccccc6)c6ccccc6)ccc5c34)nc(-c3ccccc3)n2)cc1. The average molecular weight is 775 g/mol. The Kier molecular flexibility index (Phi) is 8.11. The number of hydrogen-bond acceptors (Lipinski definition) is 2. The molecule has 2 nitrogen and oxygen atoms in total. The fourth-order valence-corrected chi connectivity index (χ4v) is 10.1. The van der Waals surface area contributed by atoms with Crippen molar-refractivity contribution in [3.63, 3.8) is 0 Å². The highest BCUT2D eigenvalue weighted by Gasteiger charge is 2.46. The van der Waals surface area contributed by atoms with Crippen LogP contribution in [0.5, 0.6) is 0 Å². The summed E-state index contributed by atoms with van der Waals surface area (Å²) in [5, 5.41) is 7.29. The molecule has 0 unspecified atom stereocenters. The predicted molar refractivity (Wildman–Crippen MR) is 254 cm³/mol. The fourth-order valence-electron chi connectivity index (χ4n) is 10.1. The molecule has 61 heavy (non-hydrogen) atoms. The van der Waals surface area contributed by atoms with Gasteiger partial charge in [0.25, 0.3) is 0 Å². The predicted octanol–water partition coefficient (Wildman–Crippen LogP) is 15.0. The fraction of sp³-hybridized carbons (Fsp3) is 0.0169. The molecule has 10 aromatic carbocycles. The molecular formula is C59H38N2. The maximum absolute atomic E-state index is 5.30. The molecule has 0 saturated heterocycles. The van der Waals surface area contributed by atoms with Crippen LogP contribution in [0.25, 0.3) is 88.5 Å². The summed E-state index contributed by atoms with van der Waals surface area (Å²) in [5.74, 6) is 0.711. The third-order valence-corrected chi connectivity index (χ3v) is 12.8. The van der Waals surface area contributed by atoms with E-state index in [0.29, 0.717) is 5.82 Å². The van der Waals surface area contributed by atoms with Crippen molar-refractivity contribution in [3.8, 4) is 56.2 Å². The second kappa shape index (κ2) is 14.1. The van der Waals surface area contributed by atoms with Gasteiger partial charge in [-0.1, -0.05) is 212 Å². The zero-order valence-corrected chi connectivity index (χ0v) is 33.3. The Morgan fingerprint density at radius 2 is 0.787 bits per heavy atom. The van der Waals surface area contributed by atoms with Crippen LogP contribution in [-0.4, -0.2) is 9.97 Å². The summed E-state index contributed by atoms with van der Waals surface area (Å²) in [7, 11) is 0. The lowest BCUT2D eigenvalue weighted by Crippen LogP contribution is -2.28. The molecule has 1 aromatic heterocycles. The van der Waals surface area contributed by atoms with Crippen LogP contribution in [0, 0.1) is 0 Å². The molecule has 0 N–H and O–H groups in total. The molecule has 0 atom stereocenters. The zero-order chi connectivity index (χ0) is 40.3. The van der Waals surface area contributed by atoms with Crippen LogP contribution >= 0.6 is 0 Å². The average Bonchev–Trinajstić information content (AvgIpc) is 3.65. The molecule has 0 saturated carbocycles. The molecule has 1 heterocycles. The minimum absolute atomic E-state index is 0.427. The number of hydrogen-bond donors (Lipinski definition) is 0. The smallest absolute Gasteiger partial charge is 0.160 e. The molecular weight excluding hydrogens is 737 g/mol. The Labute approximate surface area is 355 Å². The zero-order valence-electron chi connectivity index (χ0n) is 33.3. The highest BCUT2D eigenvalue weighted by atomic mass is 14.9. The van der Waals surface area contributed by atoms with Gasteiger partial charge in [-0.2, -0.15) is 0 Å². The Morgan fingerprint density at radius 1 is 0.279 bits per heavy atom. The maximum atomic E-state index is 5.30. The highest BCUT2D eigenvalue weighted by molar-refractivity contribution is 6.28. The van der Waals surface area contributed by atoms with Crippen molar-refractivity contribution in [3.05, 3.63) is 253 Å². The van der Waals surface area contributed by atoms with E-state index in [-0.39, 0.29) is 0 Å². The first-order valence-electron chi connectivity index (χ1n) is 21.0. The van der Waals surface area contributed by atoms with Gasteiger partial charge in [0.2, 0.25) is 0 Å². The standard InChI is InChI=1S/C59H38N2/c1-5-18-39(19-6-1)55-38-56(61-58(60-55)40-20-7-2-8-21-40)50-30-17-29-48-45-26-13-14-27-46(45)51-36-41(32-34-49(51)57(48)50)42-33-35-54-52(37-42)47-28-15-16-31-53(47)59(54,43-22-9-3-10-23-43)44-24-11-4-12-25-44/h1-38H. The Hall–Kier alpha value is -7.94.